The summed E-state index contributed by atoms with van der Waals surface area (Å²) in [6.07, 6.45) is 0.659. The highest BCUT2D eigenvalue weighted by atomic mass is 32.2. The molecular weight excluding hydrogens is 378 g/mol. The Morgan fingerprint density at radius 3 is 2.43 bits per heavy atom. The number of hydrogen-bond acceptors (Lipinski definition) is 5. The van der Waals surface area contributed by atoms with Crippen LogP contribution >= 0.6 is 0 Å². The summed E-state index contributed by atoms with van der Waals surface area (Å²) in [5.74, 6) is -0.0344. The first-order valence-corrected chi connectivity index (χ1v) is 10.8. The summed E-state index contributed by atoms with van der Waals surface area (Å²) >= 11 is 0. The second-order valence-electron chi connectivity index (χ2n) is 6.96. The molecule has 4 rings (SSSR count). The quantitative estimate of drug-likeness (QED) is 0.850. The molecule has 1 fully saturated rings. The minimum Gasteiger partial charge on any atom is -0.378 e. The lowest BCUT2D eigenvalue weighted by molar-refractivity contribution is -0.116. The molecule has 8 heteroatoms. The lowest BCUT2D eigenvalue weighted by atomic mass is 10.2. The molecule has 2 aromatic carbocycles. The number of sulfonamides is 1. The van der Waals surface area contributed by atoms with E-state index in [1.807, 2.05) is 12.1 Å². The molecule has 2 aromatic rings. The Kier molecular flexibility index (Phi) is 4.99. The molecule has 2 heterocycles. The molecule has 2 aliphatic rings. The van der Waals surface area contributed by atoms with Gasteiger partial charge in [0.2, 0.25) is 5.91 Å². The monoisotopic (exact) mass is 401 g/mol. The average Bonchev–Trinajstić information content (AvgIpc) is 3.12. The minimum absolute atomic E-state index is 0.0344. The minimum atomic E-state index is -3.70. The van der Waals surface area contributed by atoms with E-state index in [9.17, 15) is 13.2 Å². The van der Waals surface area contributed by atoms with Gasteiger partial charge in [0, 0.05) is 43.6 Å². The van der Waals surface area contributed by atoms with Crippen molar-refractivity contribution in [3.8, 4) is 0 Å². The number of morpholine rings is 1. The van der Waals surface area contributed by atoms with Crippen LogP contribution in [-0.4, -0.2) is 47.2 Å². The van der Waals surface area contributed by atoms with Gasteiger partial charge >= 0.3 is 0 Å². The second-order valence-corrected chi connectivity index (χ2v) is 8.65. The van der Waals surface area contributed by atoms with Crippen LogP contribution in [0.1, 0.15) is 12.5 Å². The number of benzene rings is 2. The van der Waals surface area contributed by atoms with Gasteiger partial charge < -0.3 is 14.5 Å². The number of nitrogens with one attached hydrogen (secondary N) is 1. The van der Waals surface area contributed by atoms with Gasteiger partial charge in [-0.15, -0.1) is 0 Å². The van der Waals surface area contributed by atoms with Gasteiger partial charge in [-0.2, -0.15) is 0 Å². The molecule has 1 saturated heterocycles. The smallest absolute Gasteiger partial charge is 0.261 e. The Bertz CT molecular complexity index is 983. The number of hydrogen-bond donors (Lipinski definition) is 1. The maximum absolute atomic E-state index is 12.8. The third kappa shape index (κ3) is 3.70. The summed E-state index contributed by atoms with van der Waals surface area (Å²) in [4.78, 5) is 15.7. The first-order chi connectivity index (χ1) is 13.4. The van der Waals surface area contributed by atoms with Gasteiger partial charge in [0.05, 0.1) is 18.1 Å². The number of rotatable bonds is 4. The molecule has 0 saturated carbocycles. The number of anilines is 3. The Morgan fingerprint density at radius 1 is 1.04 bits per heavy atom. The van der Waals surface area contributed by atoms with Gasteiger partial charge in [-0.1, -0.05) is 0 Å². The van der Waals surface area contributed by atoms with Gasteiger partial charge in [0.15, 0.2) is 0 Å². The number of carbonyl (C=O) groups is 1. The lowest BCUT2D eigenvalue weighted by Crippen LogP contribution is -2.36. The summed E-state index contributed by atoms with van der Waals surface area (Å²) in [6, 6.07) is 12.3. The van der Waals surface area contributed by atoms with Crippen LogP contribution in [0.5, 0.6) is 0 Å². The van der Waals surface area contributed by atoms with Crippen LogP contribution in [0.3, 0.4) is 0 Å². The largest absolute Gasteiger partial charge is 0.378 e. The highest BCUT2D eigenvalue weighted by Gasteiger charge is 2.25. The van der Waals surface area contributed by atoms with Gasteiger partial charge in [-0.25, -0.2) is 8.42 Å². The van der Waals surface area contributed by atoms with Crippen molar-refractivity contribution in [3.05, 3.63) is 48.0 Å². The number of carbonyl (C=O) groups excluding carboxylic acids is 1. The van der Waals surface area contributed by atoms with Crippen molar-refractivity contribution in [2.24, 2.45) is 0 Å². The molecule has 0 spiro atoms. The summed E-state index contributed by atoms with van der Waals surface area (Å²) in [6.45, 7) is 5.17. The molecule has 0 atom stereocenters. The maximum atomic E-state index is 12.8. The Hall–Kier alpha value is -2.58. The molecule has 1 N–H and O–H groups in total. The van der Waals surface area contributed by atoms with Crippen molar-refractivity contribution < 1.29 is 17.9 Å². The van der Waals surface area contributed by atoms with E-state index >= 15 is 0 Å². The van der Waals surface area contributed by atoms with Crippen molar-refractivity contribution >= 4 is 33.0 Å². The van der Waals surface area contributed by atoms with Crippen LogP contribution in [0.25, 0.3) is 0 Å². The van der Waals surface area contributed by atoms with Crippen molar-refractivity contribution in [3.63, 3.8) is 0 Å². The normalized spacial score (nSPS) is 16.8. The van der Waals surface area contributed by atoms with E-state index in [4.69, 9.17) is 4.74 Å². The summed E-state index contributed by atoms with van der Waals surface area (Å²) in [5.41, 5.74) is 3.23. The first-order valence-electron chi connectivity index (χ1n) is 9.31. The number of fused-ring (bicyclic) bond motifs is 1. The standard InChI is InChI=1S/C20H23N3O4S/c1-15(24)23-9-8-16-14-19(6-7-20(16)23)28(25,26)21-17-2-4-18(5-3-17)22-10-12-27-13-11-22/h2-7,14,21H,8-13H2,1H3. The fourth-order valence-corrected chi connectivity index (χ4v) is 4.76. The van der Waals surface area contributed by atoms with E-state index < -0.39 is 10.0 Å². The van der Waals surface area contributed by atoms with E-state index in [-0.39, 0.29) is 10.8 Å². The molecule has 148 valence electrons. The van der Waals surface area contributed by atoms with Crippen LogP contribution in [0.2, 0.25) is 0 Å². The fraction of sp³-hybridized carbons (Fsp3) is 0.350. The Morgan fingerprint density at radius 2 is 1.75 bits per heavy atom. The summed E-state index contributed by atoms with van der Waals surface area (Å²) in [5, 5.41) is 0. The predicted octanol–water partition coefficient (Wildman–Crippen LogP) is 2.23. The van der Waals surface area contributed by atoms with Crippen molar-refractivity contribution in [2.75, 3.05) is 47.4 Å². The summed E-state index contributed by atoms with van der Waals surface area (Å²) in [7, 11) is -3.70. The summed E-state index contributed by atoms with van der Waals surface area (Å²) < 4.78 is 33.6. The average molecular weight is 401 g/mol. The van der Waals surface area contributed by atoms with Gasteiger partial charge in [0.25, 0.3) is 10.0 Å². The third-order valence-electron chi connectivity index (χ3n) is 5.13. The Labute approximate surface area is 165 Å². The van der Waals surface area contributed by atoms with E-state index in [1.165, 1.54) is 6.92 Å². The number of ether oxygens (including phenoxy) is 1. The first kappa shape index (κ1) is 18.8. The van der Waals surface area contributed by atoms with E-state index in [2.05, 4.69) is 9.62 Å². The Balaban J connectivity index is 1.51. The van der Waals surface area contributed by atoms with E-state index in [0.717, 1.165) is 30.0 Å². The second kappa shape index (κ2) is 7.44. The zero-order chi connectivity index (χ0) is 19.7. The van der Waals surface area contributed by atoms with Crippen molar-refractivity contribution in [2.45, 2.75) is 18.2 Å². The van der Waals surface area contributed by atoms with Gasteiger partial charge in [0.1, 0.15) is 0 Å². The van der Waals surface area contributed by atoms with Crippen LogP contribution in [0.15, 0.2) is 47.4 Å². The van der Waals surface area contributed by atoms with Gasteiger partial charge in [-0.3, -0.25) is 9.52 Å². The van der Waals surface area contributed by atoms with Crippen LogP contribution in [0, 0.1) is 0 Å². The topological polar surface area (TPSA) is 79.0 Å². The van der Waals surface area contributed by atoms with Crippen LogP contribution in [-0.2, 0) is 26.0 Å². The highest BCUT2D eigenvalue weighted by molar-refractivity contribution is 7.92. The van der Waals surface area contributed by atoms with Crippen molar-refractivity contribution in [1.29, 1.82) is 0 Å². The highest BCUT2D eigenvalue weighted by Crippen LogP contribution is 2.31. The molecule has 0 unspecified atom stereocenters. The maximum Gasteiger partial charge on any atom is 0.261 e. The molecule has 7 nitrogen and oxygen atoms in total. The molecule has 2 aliphatic heterocycles. The third-order valence-corrected chi connectivity index (χ3v) is 6.51. The lowest BCUT2D eigenvalue weighted by Gasteiger charge is -2.28. The van der Waals surface area contributed by atoms with Crippen molar-refractivity contribution in [1.82, 2.24) is 0 Å². The molecule has 0 aliphatic carbocycles. The molecular formula is C20H23N3O4S. The number of nitrogens with zero attached hydrogens (tertiary/aromatic N) is 2. The predicted molar refractivity (Wildman–Crippen MR) is 108 cm³/mol. The van der Waals surface area contributed by atoms with E-state index in [1.54, 1.807) is 35.2 Å². The molecule has 0 bridgehead atoms. The van der Waals surface area contributed by atoms with Crippen LogP contribution < -0.4 is 14.5 Å². The van der Waals surface area contributed by atoms with Crippen LogP contribution in [0.4, 0.5) is 17.1 Å². The molecule has 28 heavy (non-hydrogen) atoms. The van der Waals surface area contributed by atoms with E-state index in [0.29, 0.717) is 31.9 Å². The van der Waals surface area contributed by atoms with Gasteiger partial charge in [-0.05, 0) is 54.4 Å². The molecule has 0 radical (unpaired) electrons. The zero-order valence-electron chi connectivity index (χ0n) is 15.7. The zero-order valence-corrected chi connectivity index (χ0v) is 16.5. The fourth-order valence-electron chi connectivity index (χ4n) is 3.65. The molecule has 1 amide bonds. The molecule has 0 aromatic heterocycles. The number of amides is 1. The SMILES string of the molecule is CC(=O)N1CCc2cc(S(=O)(=O)Nc3ccc(N4CCOCC4)cc3)ccc21.